The molecule has 0 bridgehead atoms. The molecule has 0 aliphatic carbocycles. The van der Waals surface area contributed by atoms with Crippen molar-refractivity contribution < 1.29 is 18.3 Å². The van der Waals surface area contributed by atoms with E-state index in [-0.39, 0.29) is 0 Å². The van der Waals surface area contributed by atoms with Gasteiger partial charge in [-0.2, -0.15) is 0 Å². The van der Waals surface area contributed by atoms with E-state index < -0.39 is 32.2 Å². The Morgan fingerprint density at radius 3 is 2.00 bits per heavy atom. The van der Waals surface area contributed by atoms with Gasteiger partial charge in [0, 0.05) is 0 Å². The van der Waals surface area contributed by atoms with Gasteiger partial charge in [-0.1, -0.05) is 27.2 Å². The molecule has 0 aliphatic heterocycles. The third-order valence-electron chi connectivity index (χ3n) is 2.46. The van der Waals surface area contributed by atoms with Crippen LogP contribution in [-0.2, 0) is 14.6 Å². The number of aliphatic carboxylic acids is 1. The van der Waals surface area contributed by atoms with Crippen molar-refractivity contribution in [2.45, 2.75) is 51.0 Å². The first-order valence-corrected chi connectivity index (χ1v) is 6.81. The first kappa shape index (κ1) is 14.4. The van der Waals surface area contributed by atoms with Crippen molar-refractivity contribution in [2.24, 2.45) is 5.92 Å². The predicted octanol–water partition coefficient (Wildman–Crippen LogP) is 1.70. The molecule has 0 fully saturated rings. The van der Waals surface area contributed by atoms with E-state index in [0.717, 1.165) is 6.42 Å². The van der Waals surface area contributed by atoms with E-state index in [1.54, 1.807) is 20.8 Å². The standard InChI is InChI=1S/C10H20O4S/c1-5-6-8(4)15(13,14)9(7(2)3)10(11)12/h7-9H,5-6H2,1-4H3,(H,11,12). The summed E-state index contributed by atoms with van der Waals surface area (Å²) in [7, 11) is -3.56. The van der Waals surface area contributed by atoms with E-state index in [1.165, 1.54) is 0 Å². The SMILES string of the molecule is CCCC(C)S(=O)(=O)C(C(=O)O)C(C)C. The average Bonchev–Trinajstić information content (AvgIpc) is 2.01. The highest BCUT2D eigenvalue weighted by Crippen LogP contribution is 2.20. The van der Waals surface area contributed by atoms with Crippen molar-refractivity contribution in [2.75, 3.05) is 0 Å². The van der Waals surface area contributed by atoms with Crippen molar-refractivity contribution >= 4 is 15.8 Å². The number of carboxylic acid groups (broad SMARTS) is 1. The van der Waals surface area contributed by atoms with Gasteiger partial charge in [-0.05, 0) is 19.3 Å². The van der Waals surface area contributed by atoms with Crippen LogP contribution in [0, 0.1) is 5.92 Å². The molecular weight excluding hydrogens is 216 g/mol. The second-order valence-electron chi connectivity index (χ2n) is 4.19. The molecule has 0 saturated heterocycles. The van der Waals surface area contributed by atoms with E-state index in [0.29, 0.717) is 6.42 Å². The van der Waals surface area contributed by atoms with E-state index in [2.05, 4.69) is 0 Å². The summed E-state index contributed by atoms with van der Waals surface area (Å²) in [6, 6.07) is 0. The van der Waals surface area contributed by atoms with Crippen LogP contribution in [0.25, 0.3) is 0 Å². The van der Waals surface area contributed by atoms with Gasteiger partial charge < -0.3 is 5.11 Å². The van der Waals surface area contributed by atoms with Gasteiger partial charge in [-0.25, -0.2) is 8.42 Å². The van der Waals surface area contributed by atoms with Crippen molar-refractivity contribution in [1.29, 1.82) is 0 Å². The van der Waals surface area contributed by atoms with Crippen molar-refractivity contribution in [3.63, 3.8) is 0 Å². The van der Waals surface area contributed by atoms with Crippen LogP contribution in [0.5, 0.6) is 0 Å². The van der Waals surface area contributed by atoms with E-state index >= 15 is 0 Å². The monoisotopic (exact) mass is 236 g/mol. The molecule has 0 spiro atoms. The fourth-order valence-electron chi connectivity index (χ4n) is 1.63. The molecule has 1 N–H and O–H groups in total. The normalized spacial score (nSPS) is 16.3. The Morgan fingerprint density at radius 2 is 1.73 bits per heavy atom. The number of rotatable bonds is 6. The molecule has 2 unspecified atom stereocenters. The molecule has 4 nitrogen and oxygen atoms in total. The maximum atomic E-state index is 11.9. The van der Waals surface area contributed by atoms with Gasteiger partial charge in [0.15, 0.2) is 15.1 Å². The van der Waals surface area contributed by atoms with Gasteiger partial charge in [0.25, 0.3) is 0 Å². The van der Waals surface area contributed by atoms with Crippen molar-refractivity contribution in [3.05, 3.63) is 0 Å². The molecule has 0 saturated carbocycles. The molecule has 0 amide bonds. The Kier molecular flexibility index (Phi) is 5.28. The highest BCUT2D eigenvalue weighted by molar-refractivity contribution is 7.93. The smallest absolute Gasteiger partial charge is 0.322 e. The van der Waals surface area contributed by atoms with Gasteiger partial charge in [0.05, 0.1) is 5.25 Å². The van der Waals surface area contributed by atoms with E-state index in [1.807, 2.05) is 6.92 Å². The maximum Gasteiger partial charge on any atom is 0.322 e. The first-order valence-electron chi connectivity index (χ1n) is 5.20. The topological polar surface area (TPSA) is 71.4 Å². The summed E-state index contributed by atoms with van der Waals surface area (Å²) in [6.45, 7) is 6.71. The van der Waals surface area contributed by atoms with Crippen LogP contribution in [0.15, 0.2) is 0 Å². The molecule has 0 aromatic rings. The highest BCUT2D eigenvalue weighted by atomic mass is 32.2. The van der Waals surface area contributed by atoms with Gasteiger partial charge in [0.1, 0.15) is 0 Å². The van der Waals surface area contributed by atoms with Crippen LogP contribution in [0.1, 0.15) is 40.5 Å². The zero-order valence-corrected chi connectivity index (χ0v) is 10.5. The Balaban J connectivity index is 5.05. The van der Waals surface area contributed by atoms with Crippen LogP contribution in [-0.4, -0.2) is 30.0 Å². The summed E-state index contributed by atoms with van der Waals surface area (Å²) in [6.07, 6.45) is 1.25. The number of hydrogen-bond donors (Lipinski definition) is 1. The lowest BCUT2D eigenvalue weighted by Crippen LogP contribution is -2.40. The summed E-state index contributed by atoms with van der Waals surface area (Å²) in [5.74, 6) is -1.64. The fraction of sp³-hybridized carbons (Fsp3) is 0.900. The Morgan fingerprint density at radius 1 is 1.27 bits per heavy atom. The van der Waals surface area contributed by atoms with E-state index in [4.69, 9.17) is 5.11 Å². The molecule has 0 aromatic carbocycles. The molecule has 0 aromatic heterocycles. The lowest BCUT2D eigenvalue weighted by Gasteiger charge is -2.21. The van der Waals surface area contributed by atoms with Crippen LogP contribution in [0.2, 0.25) is 0 Å². The Hall–Kier alpha value is -0.580. The second kappa shape index (κ2) is 5.49. The van der Waals surface area contributed by atoms with Crippen molar-refractivity contribution in [3.8, 4) is 0 Å². The minimum atomic E-state index is -3.56. The Labute approximate surface area is 91.6 Å². The highest BCUT2D eigenvalue weighted by Gasteiger charge is 2.38. The van der Waals surface area contributed by atoms with Crippen molar-refractivity contribution in [1.82, 2.24) is 0 Å². The summed E-state index contributed by atoms with van der Waals surface area (Å²) in [5, 5.41) is 7.06. The quantitative estimate of drug-likeness (QED) is 0.762. The molecule has 2 atom stereocenters. The van der Waals surface area contributed by atoms with Crippen LogP contribution < -0.4 is 0 Å². The number of carbonyl (C=O) groups is 1. The lowest BCUT2D eigenvalue weighted by molar-refractivity contribution is -0.137. The largest absolute Gasteiger partial charge is 0.480 e. The minimum absolute atomic E-state index is 0.396. The van der Waals surface area contributed by atoms with E-state index in [9.17, 15) is 13.2 Å². The molecule has 0 aliphatic rings. The lowest BCUT2D eigenvalue weighted by atomic mass is 10.1. The maximum absolute atomic E-state index is 11.9. The third kappa shape index (κ3) is 3.48. The van der Waals surface area contributed by atoms with Gasteiger partial charge in [0.2, 0.25) is 0 Å². The summed E-state index contributed by atoms with van der Waals surface area (Å²) in [5.41, 5.74) is 0. The molecule has 0 radical (unpaired) electrons. The van der Waals surface area contributed by atoms with Gasteiger partial charge >= 0.3 is 5.97 Å². The number of sulfone groups is 1. The fourth-order valence-corrected chi connectivity index (χ4v) is 3.73. The van der Waals surface area contributed by atoms with Crippen LogP contribution in [0.3, 0.4) is 0 Å². The molecule has 0 heterocycles. The third-order valence-corrected chi connectivity index (χ3v) is 5.27. The minimum Gasteiger partial charge on any atom is -0.480 e. The summed E-state index contributed by atoms with van der Waals surface area (Å²) >= 11 is 0. The molecule has 15 heavy (non-hydrogen) atoms. The number of carboxylic acids is 1. The summed E-state index contributed by atoms with van der Waals surface area (Å²) < 4.78 is 23.8. The summed E-state index contributed by atoms with van der Waals surface area (Å²) in [4.78, 5) is 10.9. The van der Waals surface area contributed by atoms with Crippen LogP contribution >= 0.6 is 0 Å². The zero-order valence-electron chi connectivity index (χ0n) is 9.73. The zero-order chi connectivity index (χ0) is 12.2. The van der Waals surface area contributed by atoms with Gasteiger partial charge in [-0.3, -0.25) is 4.79 Å². The molecular formula is C10H20O4S. The number of hydrogen-bond acceptors (Lipinski definition) is 3. The molecule has 90 valence electrons. The average molecular weight is 236 g/mol. The predicted molar refractivity (Wildman–Crippen MR) is 59.6 cm³/mol. The second-order valence-corrected chi connectivity index (χ2v) is 6.68. The molecule has 5 heteroatoms. The van der Waals surface area contributed by atoms with Gasteiger partial charge in [-0.15, -0.1) is 0 Å². The van der Waals surface area contributed by atoms with Crippen LogP contribution in [0.4, 0.5) is 0 Å². The first-order chi connectivity index (χ1) is 6.75. The molecule has 0 rings (SSSR count). The Bertz CT molecular complexity index is 305.